The number of carbonyl (C=O) groups excluding carboxylic acids is 1. The van der Waals surface area contributed by atoms with Crippen molar-refractivity contribution >= 4 is 11.9 Å². The molecule has 1 fully saturated rings. The summed E-state index contributed by atoms with van der Waals surface area (Å²) in [7, 11) is 4.08. The number of carbonyl (C=O) groups is 2. The average molecular weight is 281 g/mol. The number of rotatable bonds is 4. The van der Waals surface area contributed by atoms with Crippen LogP contribution in [0.2, 0.25) is 0 Å². The number of nitrogens with zero attached hydrogens (tertiary/aromatic N) is 3. The molecule has 0 atom stereocenters. The maximum absolute atomic E-state index is 12.2. The molecule has 1 aromatic heterocycles. The van der Waals surface area contributed by atoms with Crippen molar-refractivity contribution in [2.24, 2.45) is 5.92 Å². The molecule has 0 spiro atoms. The third-order valence-corrected chi connectivity index (χ3v) is 3.47. The van der Waals surface area contributed by atoms with Gasteiger partial charge in [-0.2, -0.15) is 0 Å². The first-order valence-electron chi connectivity index (χ1n) is 6.61. The molecule has 1 N–H and O–H groups in total. The molecule has 1 amide bonds. The summed E-state index contributed by atoms with van der Waals surface area (Å²) in [4.78, 5) is 26.7. The molecule has 0 radical (unpaired) electrons. The molecule has 1 aliphatic heterocycles. The van der Waals surface area contributed by atoms with E-state index >= 15 is 0 Å². The first-order valence-corrected chi connectivity index (χ1v) is 6.61. The fourth-order valence-corrected chi connectivity index (χ4v) is 2.47. The highest BCUT2D eigenvalue weighted by Crippen LogP contribution is 2.19. The van der Waals surface area contributed by atoms with Gasteiger partial charge in [-0.1, -0.05) is 5.16 Å². The quantitative estimate of drug-likeness (QED) is 0.878. The molecule has 7 nitrogen and oxygen atoms in total. The standard InChI is InChI=1S/C13H19N3O4/c1-15(2)8-9-3-5-16(6-4-9)12(17)10-7-11(13(18)19)20-14-10/h7,9H,3-6,8H2,1-2H3,(H,18,19). The normalized spacial score (nSPS) is 16.6. The number of aromatic nitrogens is 1. The van der Waals surface area contributed by atoms with Crippen molar-refractivity contribution in [1.29, 1.82) is 0 Å². The summed E-state index contributed by atoms with van der Waals surface area (Å²) in [5.41, 5.74) is 0.0634. The molecule has 7 heteroatoms. The van der Waals surface area contributed by atoms with Crippen LogP contribution in [-0.4, -0.2) is 65.7 Å². The fourth-order valence-electron chi connectivity index (χ4n) is 2.47. The van der Waals surface area contributed by atoms with Gasteiger partial charge in [0, 0.05) is 25.7 Å². The molecule has 1 aliphatic rings. The monoisotopic (exact) mass is 281 g/mol. The Kier molecular flexibility index (Phi) is 4.39. The maximum atomic E-state index is 12.2. The van der Waals surface area contributed by atoms with E-state index < -0.39 is 5.97 Å². The lowest BCUT2D eigenvalue weighted by atomic mass is 9.96. The number of amides is 1. The van der Waals surface area contributed by atoms with Gasteiger partial charge in [-0.3, -0.25) is 4.79 Å². The van der Waals surface area contributed by atoms with E-state index in [-0.39, 0.29) is 17.4 Å². The van der Waals surface area contributed by atoms with Gasteiger partial charge in [-0.25, -0.2) is 4.79 Å². The Bertz CT molecular complexity index is 490. The second-order valence-electron chi connectivity index (χ2n) is 5.38. The maximum Gasteiger partial charge on any atom is 0.374 e. The van der Waals surface area contributed by atoms with Crippen LogP contribution in [-0.2, 0) is 0 Å². The molecule has 1 aromatic rings. The van der Waals surface area contributed by atoms with Gasteiger partial charge in [0.15, 0.2) is 5.69 Å². The molecule has 1 saturated heterocycles. The fraction of sp³-hybridized carbons (Fsp3) is 0.615. The summed E-state index contributed by atoms with van der Waals surface area (Å²) >= 11 is 0. The van der Waals surface area contributed by atoms with Crippen LogP contribution in [0.4, 0.5) is 0 Å². The van der Waals surface area contributed by atoms with E-state index in [1.165, 1.54) is 6.07 Å². The highest BCUT2D eigenvalue weighted by atomic mass is 16.5. The number of carboxylic acid groups (broad SMARTS) is 1. The van der Waals surface area contributed by atoms with Gasteiger partial charge in [0.05, 0.1) is 0 Å². The predicted octanol–water partition coefficient (Wildman–Crippen LogP) is 0.787. The Morgan fingerprint density at radius 3 is 2.60 bits per heavy atom. The summed E-state index contributed by atoms with van der Waals surface area (Å²) in [5, 5.41) is 12.3. The summed E-state index contributed by atoms with van der Waals surface area (Å²) in [6.45, 7) is 2.37. The zero-order valence-corrected chi connectivity index (χ0v) is 11.7. The van der Waals surface area contributed by atoms with Gasteiger partial charge in [0.2, 0.25) is 5.76 Å². The number of piperidine rings is 1. The molecular weight excluding hydrogens is 262 g/mol. The van der Waals surface area contributed by atoms with Gasteiger partial charge in [0.1, 0.15) is 0 Å². The van der Waals surface area contributed by atoms with Crippen molar-refractivity contribution in [3.05, 3.63) is 17.5 Å². The summed E-state index contributed by atoms with van der Waals surface area (Å²) in [6, 6.07) is 1.18. The van der Waals surface area contributed by atoms with Crippen molar-refractivity contribution in [3.63, 3.8) is 0 Å². The van der Waals surface area contributed by atoms with E-state index in [0.29, 0.717) is 19.0 Å². The van der Waals surface area contributed by atoms with E-state index in [4.69, 9.17) is 5.11 Å². The molecule has 110 valence electrons. The minimum Gasteiger partial charge on any atom is -0.475 e. The zero-order chi connectivity index (χ0) is 14.7. The second kappa shape index (κ2) is 6.04. The Morgan fingerprint density at radius 2 is 2.10 bits per heavy atom. The van der Waals surface area contributed by atoms with Gasteiger partial charge < -0.3 is 19.4 Å². The Morgan fingerprint density at radius 1 is 1.45 bits per heavy atom. The summed E-state index contributed by atoms with van der Waals surface area (Å²) < 4.78 is 4.61. The van der Waals surface area contributed by atoms with Crippen molar-refractivity contribution in [1.82, 2.24) is 15.0 Å². The van der Waals surface area contributed by atoms with E-state index in [1.54, 1.807) is 4.90 Å². The highest BCUT2D eigenvalue weighted by molar-refractivity contribution is 5.94. The van der Waals surface area contributed by atoms with Gasteiger partial charge in [-0.05, 0) is 32.9 Å². The van der Waals surface area contributed by atoms with Crippen molar-refractivity contribution in [2.45, 2.75) is 12.8 Å². The molecule has 0 unspecified atom stereocenters. The van der Waals surface area contributed by atoms with Crippen molar-refractivity contribution < 1.29 is 19.2 Å². The lowest BCUT2D eigenvalue weighted by Crippen LogP contribution is -2.40. The number of hydrogen-bond acceptors (Lipinski definition) is 5. The highest BCUT2D eigenvalue weighted by Gasteiger charge is 2.26. The molecule has 0 aliphatic carbocycles. The number of carboxylic acids is 1. The van der Waals surface area contributed by atoms with Gasteiger partial charge in [0.25, 0.3) is 5.91 Å². The lowest BCUT2D eigenvalue weighted by molar-refractivity contribution is 0.0639. The third kappa shape index (κ3) is 3.36. The van der Waals surface area contributed by atoms with E-state index in [9.17, 15) is 9.59 Å². The van der Waals surface area contributed by atoms with Crippen LogP contribution >= 0.6 is 0 Å². The number of hydrogen-bond donors (Lipinski definition) is 1. The van der Waals surface area contributed by atoms with E-state index in [1.807, 2.05) is 14.1 Å². The minimum absolute atomic E-state index is 0.0634. The van der Waals surface area contributed by atoms with Crippen LogP contribution in [0.3, 0.4) is 0 Å². The van der Waals surface area contributed by atoms with E-state index in [2.05, 4.69) is 14.6 Å². The summed E-state index contributed by atoms with van der Waals surface area (Å²) in [5.74, 6) is -1.19. The van der Waals surface area contributed by atoms with Crippen LogP contribution < -0.4 is 0 Å². The topological polar surface area (TPSA) is 86.9 Å². The smallest absolute Gasteiger partial charge is 0.374 e. The van der Waals surface area contributed by atoms with Crippen LogP contribution in [0.25, 0.3) is 0 Å². The van der Waals surface area contributed by atoms with Gasteiger partial charge >= 0.3 is 5.97 Å². The molecule has 0 aromatic carbocycles. The van der Waals surface area contributed by atoms with Crippen LogP contribution in [0.1, 0.15) is 33.9 Å². The molecule has 2 rings (SSSR count). The summed E-state index contributed by atoms with van der Waals surface area (Å²) in [6.07, 6.45) is 1.90. The zero-order valence-electron chi connectivity index (χ0n) is 11.7. The largest absolute Gasteiger partial charge is 0.475 e. The van der Waals surface area contributed by atoms with Crippen LogP contribution in [0, 0.1) is 5.92 Å². The molecule has 0 bridgehead atoms. The average Bonchev–Trinajstić information content (AvgIpc) is 2.88. The van der Waals surface area contributed by atoms with Crippen molar-refractivity contribution in [2.75, 3.05) is 33.7 Å². The predicted molar refractivity (Wildman–Crippen MR) is 70.6 cm³/mol. The first kappa shape index (κ1) is 14.5. The SMILES string of the molecule is CN(C)CC1CCN(C(=O)c2cc(C(=O)O)on2)CC1. The second-order valence-corrected chi connectivity index (χ2v) is 5.38. The van der Waals surface area contributed by atoms with E-state index in [0.717, 1.165) is 19.4 Å². The molecular formula is C13H19N3O4. The first-order chi connectivity index (χ1) is 9.47. The van der Waals surface area contributed by atoms with Crippen LogP contribution in [0.5, 0.6) is 0 Å². The Labute approximate surface area is 117 Å². The molecule has 2 heterocycles. The molecule has 0 saturated carbocycles. The lowest BCUT2D eigenvalue weighted by Gasteiger charge is -2.32. The number of aromatic carboxylic acids is 1. The van der Waals surface area contributed by atoms with Crippen molar-refractivity contribution in [3.8, 4) is 0 Å². The van der Waals surface area contributed by atoms with Gasteiger partial charge in [-0.15, -0.1) is 0 Å². The molecule has 20 heavy (non-hydrogen) atoms. The minimum atomic E-state index is -1.22. The van der Waals surface area contributed by atoms with Crippen LogP contribution in [0.15, 0.2) is 10.6 Å². The Hall–Kier alpha value is -1.89. The third-order valence-electron chi connectivity index (χ3n) is 3.47. The number of likely N-dealkylation sites (tertiary alicyclic amines) is 1. The Balaban J connectivity index is 1.92.